The molecule has 1 aromatic carbocycles. The summed E-state index contributed by atoms with van der Waals surface area (Å²) in [7, 11) is 0. The van der Waals surface area contributed by atoms with Gasteiger partial charge in [-0.2, -0.15) is 13.2 Å². The fraction of sp³-hybridized carbons (Fsp3) is 0.368. The summed E-state index contributed by atoms with van der Waals surface area (Å²) in [4.78, 5) is 16.1. The number of benzene rings is 1. The van der Waals surface area contributed by atoms with E-state index in [1.807, 2.05) is 24.3 Å². The Morgan fingerprint density at radius 2 is 1.96 bits per heavy atom. The summed E-state index contributed by atoms with van der Waals surface area (Å²) in [5.41, 5.74) is 2.49. The number of rotatable bonds is 6. The minimum Gasteiger partial charge on any atom is -0.468 e. The summed E-state index contributed by atoms with van der Waals surface area (Å²) in [5, 5.41) is 3.33. The lowest BCUT2D eigenvalue weighted by molar-refractivity contribution is -0.154. The van der Waals surface area contributed by atoms with Crippen LogP contribution in [0.15, 0.2) is 42.6 Å². The molecular weight excluding hydrogens is 345 g/mol. The Balaban J connectivity index is 1.57. The fourth-order valence-corrected chi connectivity index (χ4v) is 2.92. The van der Waals surface area contributed by atoms with Gasteiger partial charge >= 0.3 is 6.18 Å². The van der Waals surface area contributed by atoms with Crippen molar-refractivity contribution in [1.29, 1.82) is 0 Å². The normalized spacial score (nSPS) is 17.3. The minimum atomic E-state index is -4.42. The molecule has 2 heterocycles. The van der Waals surface area contributed by atoms with Crippen LogP contribution in [0.5, 0.6) is 5.88 Å². The molecule has 0 amide bonds. The number of Topliss-reactive ketones (excluding diaryl/α,β-unsaturated/α-hetero) is 1. The van der Waals surface area contributed by atoms with Gasteiger partial charge in [-0.1, -0.05) is 24.3 Å². The van der Waals surface area contributed by atoms with E-state index in [4.69, 9.17) is 0 Å². The van der Waals surface area contributed by atoms with Crippen LogP contribution in [-0.4, -0.2) is 36.6 Å². The largest absolute Gasteiger partial charge is 0.468 e. The molecule has 1 N–H and O–H groups in total. The van der Waals surface area contributed by atoms with Gasteiger partial charge in [0.2, 0.25) is 5.88 Å². The second-order valence-corrected chi connectivity index (χ2v) is 6.32. The number of carbonyl (C=O) groups is 1. The average Bonchev–Trinajstić information content (AvgIpc) is 3.15. The predicted molar refractivity (Wildman–Crippen MR) is 90.5 cm³/mol. The van der Waals surface area contributed by atoms with Gasteiger partial charge in [0.25, 0.3) is 0 Å². The third kappa shape index (κ3) is 5.05. The van der Waals surface area contributed by atoms with E-state index in [1.165, 1.54) is 23.9 Å². The standard InChI is InChI=1S/C19H19F3N2O2/c20-19(21,22)12-26-18-6-5-16(11-24-18)17(25)9-13-1-3-14(4-2-13)15-7-8-23-10-15/h1-6,11,15,23H,7-10,12H2/t15-/m0/s1. The number of alkyl halides is 3. The van der Waals surface area contributed by atoms with Crippen LogP contribution in [0.1, 0.15) is 33.8 Å². The van der Waals surface area contributed by atoms with Crippen molar-refractivity contribution in [3.8, 4) is 5.88 Å². The van der Waals surface area contributed by atoms with Gasteiger partial charge in [0.05, 0.1) is 0 Å². The zero-order chi connectivity index (χ0) is 18.6. The Labute approximate surface area is 149 Å². The molecule has 0 bridgehead atoms. The van der Waals surface area contributed by atoms with Crippen molar-refractivity contribution in [3.05, 3.63) is 59.3 Å². The number of halogens is 3. The van der Waals surface area contributed by atoms with Crippen LogP contribution >= 0.6 is 0 Å². The van der Waals surface area contributed by atoms with Gasteiger partial charge in [0.15, 0.2) is 12.4 Å². The van der Waals surface area contributed by atoms with Gasteiger partial charge in [0, 0.05) is 30.8 Å². The van der Waals surface area contributed by atoms with Gasteiger partial charge < -0.3 is 10.1 Å². The highest BCUT2D eigenvalue weighted by molar-refractivity contribution is 5.97. The van der Waals surface area contributed by atoms with Gasteiger partial charge in [-0.05, 0) is 36.1 Å². The molecule has 1 aromatic heterocycles. The summed E-state index contributed by atoms with van der Waals surface area (Å²) in [6.07, 6.45) is -1.84. The molecule has 1 aliphatic heterocycles. The minimum absolute atomic E-state index is 0.143. The zero-order valence-corrected chi connectivity index (χ0v) is 14.1. The average molecular weight is 364 g/mol. The number of hydrogen-bond donors (Lipinski definition) is 1. The first-order valence-corrected chi connectivity index (χ1v) is 8.39. The summed E-state index contributed by atoms with van der Waals surface area (Å²) in [5.74, 6) is 0.219. The van der Waals surface area contributed by atoms with Crippen molar-refractivity contribution in [2.75, 3.05) is 19.7 Å². The van der Waals surface area contributed by atoms with E-state index in [0.717, 1.165) is 25.1 Å². The number of pyridine rings is 1. The highest BCUT2D eigenvalue weighted by atomic mass is 19.4. The first-order chi connectivity index (χ1) is 12.4. The molecule has 0 spiro atoms. The third-order valence-corrected chi connectivity index (χ3v) is 4.32. The Kier molecular flexibility index (Phi) is 5.56. The molecule has 0 aliphatic carbocycles. The molecule has 1 aliphatic rings. The summed E-state index contributed by atoms with van der Waals surface area (Å²) in [6, 6.07) is 10.7. The molecule has 1 fully saturated rings. The Bertz CT molecular complexity index is 737. The summed E-state index contributed by atoms with van der Waals surface area (Å²) < 4.78 is 40.9. The smallest absolute Gasteiger partial charge is 0.422 e. The maximum atomic E-state index is 12.3. The van der Waals surface area contributed by atoms with Crippen LogP contribution in [0, 0.1) is 0 Å². The Morgan fingerprint density at radius 1 is 1.19 bits per heavy atom. The van der Waals surface area contributed by atoms with Crippen molar-refractivity contribution in [1.82, 2.24) is 10.3 Å². The van der Waals surface area contributed by atoms with Crippen LogP contribution in [0.25, 0.3) is 0 Å². The predicted octanol–water partition coefficient (Wildman–Crippen LogP) is 3.53. The molecule has 3 rings (SSSR count). The van der Waals surface area contributed by atoms with Crippen LogP contribution in [0.3, 0.4) is 0 Å². The molecule has 1 saturated heterocycles. The highest BCUT2D eigenvalue weighted by Gasteiger charge is 2.28. The molecule has 2 aromatic rings. The van der Waals surface area contributed by atoms with E-state index >= 15 is 0 Å². The van der Waals surface area contributed by atoms with E-state index in [2.05, 4.69) is 15.0 Å². The Hall–Kier alpha value is -2.41. The molecule has 0 unspecified atom stereocenters. The second kappa shape index (κ2) is 7.86. The lowest BCUT2D eigenvalue weighted by Crippen LogP contribution is -2.19. The van der Waals surface area contributed by atoms with Crippen molar-refractivity contribution >= 4 is 5.78 Å². The maximum absolute atomic E-state index is 12.3. The lowest BCUT2D eigenvalue weighted by atomic mass is 9.96. The van der Waals surface area contributed by atoms with Crippen molar-refractivity contribution in [2.45, 2.75) is 24.9 Å². The van der Waals surface area contributed by atoms with Gasteiger partial charge in [0.1, 0.15) is 0 Å². The van der Waals surface area contributed by atoms with Gasteiger partial charge in [-0.25, -0.2) is 4.98 Å². The van der Waals surface area contributed by atoms with E-state index in [-0.39, 0.29) is 18.1 Å². The second-order valence-electron chi connectivity index (χ2n) is 6.32. The molecule has 26 heavy (non-hydrogen) atoms. The van der Waals surface area contributed by atoms with E-state index in [0.29, 0.717) is 11.5 Å². The fourth-order valence-electron chi connectivity index (χ4n) is 2.92. The molecule has 4 nitrogen and oxygen atoms in total. The van der Waals surface area contributed by atoms with Gasteiger partial charge in [-0.3, -0.25) is 4.79 Å². The lowest BCUT2D eigenvalue weighted by Gasteiger charge is -2.10. The Morgan fingerprint density at radius 3 is 2.54 bits per heavy atom. The number of ether oxygens (including phenoxy) is 1. The van der Waals surface area contributed by atoms with Crippen molar-refractivity contribution < 1.29 is 22.7 Å². The number of carbonyl (C=O) groups excluding carboxylic acids is 1. The summed E-state index contributed by atoms with van der Waals surface area (Å²) in [6.45, 7) is 0.601. The first-order valence-electron chi connectivity index (χ1n) is 8.39. The van der Waals surface area contributed by atoms with E-state index < -0.39 is 12.8 Å². The van der Waals surface area contributed by atoms with Crippen molar-refractivity contribution in [2.24, 2.45) is 0 Å². The number of nitrogens with zero attached hydrogens (tertiary/aromatic N) is 1. The quantitative estimate of drug-likeness (QED) is 0.797. The number of aromatic nitrogens is 1. The molecule has 7 heteroatoms. The van der Waals surface area contributed by atoms with Crippen molar-refractivity contribution in [3.63, 3.8) is 0 Å². The van der Waals surface area contributed by atoms with Crippen LogP contribution < -0.4 is 10.1 Å². The maximum Gasteiger partial charge on any atom is 0.422 e. The molecule has 0 radical (unpaired) electrons. The highest BCUT2D eigenvalue weighted by Crippen LogP contribution is 2.23. The van der Waals surface area contributed by atoms with Crippen LogP contribution in [0.2, 0.25) is 0 Å². The van der Waals surface area contributed by atoms with E-state index in [1.54, 1.807) is 0 Å². The molecule has 0 saturated carbocycles. The zero-order valence-electron chi connectivity index (χ0n) is 14.1. The molecule has 138 valence electrons. The van der Waals surface area contributed by atoms with Gasteiger partial charge in [-0.15, -0.1) is 0 Å². The molecular formula is C19H19F3N2O2. The third-order valence-electron chi connectivity index (χ3n) is 4.32. The first kappa shape index (κ1) is 18.4. The van der Waals surface area contributed by atoms with Crippen LogP contribution in [0.4, 0.5) is 13.2 Å². The van der Waals surface area contributed by atoms with E-state index in [9.17, 15) is 18.0 Å². The topological polar surface area (TPSA) is 51.2 Å². The van der Waals surface area contributed by atoms with Crippen LogP contribution in [-0.2, 0) is 6.42 Å². The number of hydrogen-bond acceptors (Lipinski definition) is 4. The molecule has 1 atom stereocenters. The number of nitrogens with one attached hydrogen (secondary N) is 1. The number of ketones is 1. The monoisotopic (exact) mass is 364 g/mol. The summed E-state index contributed by atoms with van der Waals surface area (Å²) >= 11 is 0. The SMILES string of the molecule is O=C(Cc1ccc([C@H]2CCNC2)cc1)c1ccc(OCC(F)(F)F)nc1.